The average Bonchev–Trinajstić information content (AvgIpc) is 2.67. The lowest BCUT2D eigenvalue weighted by Gasteiger charge is -2.06. The number of halogens is 1. The third-order valence-electron chi connectivity index (χ3n) is 2.57. The molecule has 18 heavy (non-hydrogen) atoms. The molecule has 4 nitrogen and oxygen atoms in total. The van der Waals surface area contributed by atoms with Crippen LogP contribution < -0.4 is 10.5 Å². The highest BCUT2D eigenvalue weighted by Gasteiger charge is 2.01. The summed E-state index contributed by atoms with van der Waals surface area (Å²) < 4.78 is 7.43. The first-order valence-corrected chi connectivity index (χ1v) is 6.21. The van der Waals surface area contributed by atoms with E-state index in [1.54, 1.807) is 0 Å². The molecule has 1 heterocycles. The number of hydrogen-bond donors (Lipinski definition) is 1. The van der Waals surface area contributed by atoms with E-state index < -0.39 is 0 Å². The summed E-state index contributed by atoms with van der Waals surface area (Å²) in [6.07, 6.45) is 2.71. The van der Waals surface area contributed by atoms with Crippen molar-refractivity contribution in [3.05, 3.63) is 41.2 Å². The van der Waals surface area contributed by atoms with Crippen LogP contribution in [0, 0.1) is 6.92 Å². The minimum Gasteiger partial charge on any atom is -0.494 e. The maximum atomic E-state index is 5.93. The molecule has 96 valence electrons. The van der Waals surface area contributed by atoms with E-state index >= 15 is 0 Å². The Morgan fingerprint density at radius 1 is 1.33 bits per heavy atom. The number of nitrogens with two attached hydrogens (primary N) is 1. The van der Waals surface area contributed by atoms with Gasteiger partial charge in [-0.05, 0) is 31.2 Å². The Morgan fingerprint density at radius 3 is 2.67 bits per heavy atom. The number of aromatic nitrogens is 2. The van der Waals surface area contributed by atoms with Crippen LogP contribution in [0.2, 0.25) is 5.02 Å². The molecule has 0 aliphatic rings. The van der Waals surface area contributed by atoms with E-state index in [-0.39, 0.29) is 0 Å². The average molecular weight is 266 g/mol. The summed E-state index contributed by atoms with van der Waals surface area (Å²) in [7, 11) is 0. The maximum absolute atomic E-state index is 5.93. The Hall–Kier alpha value is -1.68. The molecule has 0 aliphatic carbocycles. The van der Waals surface area contributed by atoms with Gasteiger partial charge in [0.05, 0.1) is 17.3 Å². The second kappa shape index (κ2) is 5.78. The molecule has 0 saturated heterocycles. The first-order chi connectivity index (χ1) is 8.65. The van der Waals surface area contributed by atoms with E-state index in [4.69, 9.17) is 22.1 Å². The fourth-order valence-electron chi connectivity index (χ4n) is 1.59. The molecule has 2 rings (SSSR count). The highest BCUT2D eigenvalue weighted by molar-refractivity contribution is 6.31. The molecule has 0 unspecified atom stereocenters. The Labute approximate surface area is 111 Å². The molecule has 2 N–H and O–H groups in total. The molecule has 0 radical (unpaired) electrons. The maximum Gasteiger partial charge on any atom is 0.119 e. The summed E-state index contributed by atoms with van der Waals surface area (Å²) in [5.74, 6) is 0.832. The molecule has 0 atom stereocenters. The van der Waals surface area contributed by atoms with Crippen molar-refractivity contribution < 1.29 is 4.74 Å². The van der Waals surface area contributed by atoms with Gasteiger partial charge in [0.2, 0.25) is 0 Å². The lowest BCUT2D eigenvalue weighted by molar-refractivity contribution is 0.298. The Bertz CT molecular complexity index is 488. The summed E-state index contributed by atoms with van der Waals surface area (Å²) in [5, 5.41) is 4.98. The first-order valence-electron chi connectivity index (χ1n) is 5.83. The molecular formula is C13H16ClN3O. The van der Waals surface area contributed by atoms with Crippen molar-refractivity contribution in [2.75, 3.05) is 12.3 Å². The summed E-state index contributed by atoms with van der Waals surface area (Å²) >= 11 is 5.93. The topological polar surface area (TPSA) is 53.1 Å². The van der Waals surface area contributed by atoms with Gasteiger partial charge >= 0.3 is 0 Å². The van der Waals surface area contributed by atoms with Gasteiger partial charge in [-0.15, -0.1) is 0 Å². The number of anilines is 1. The van der Waals surface area contributed by atoms with Crippen LogP contribution in [0.4, 0.5) is 5.69 Å². The van der Waals surface area contributed by atoms with Crippen molar-refractivity contribution in [1.29, 1.82) is 0 Å². The lowest BCUT2D eigenvalue weighted by Crippen LogP contribution is -2.05. The van der Waals surface area contributed by atoms with Gasteiger partial charge in [0.25, 0.3) is 0 Å². The van der Waals surface area contributed by atoms with Crippen LogP contribution in [-0.4, -0.2) is 16.4 Å². The van der Waals surface area contributed by atoms with Crippen molar-refractivity contribution in [3.8, 4) is 5.75 Å². The third kappa shape index (κ3) is 3.40. The highest BCUT2D eigenvalue weighted by Crippen LogP contribution is 2.14. The van der Waals surface area contributed by atoms with Crippen LogP contribution in [0.5, 0.6) is 5.75 Å². The highest BCUT2D eigenvalue weighted by atomic mass is 35.5. The molecule has 1 aromatic heterocycles. The van der Waals surface area contributed by atoms with E-state index in [0.717, 1.165) is 30.1 Å². The molecule has 0 fully saturated rings. The van der Waals surface area contributed by atoms with Gasteiger partial charge in [-0.2, -0.15) is 5.10 Å². The normalized spacial score (nSPS) is 10.6. The van der Waals surface area contributed by atoms with Gasteiger partial charge < -0.3 is 10.5 Å². The van der Waals surface area contributed by atoms with E-state index in [0.29, 0.717) is 11.6 Å². The van der Waals surface area contributed by atoms with Crippen molar-refractivity contribution in [2.24, 2.45) is 0 Å². The van der Waals surface area contributed by atoms with Gasteiger partial charge in [-0.25, -0.2) is 0 Å². The van der Waals surface area contributed by atoms with E-state index in [2.05, 4.69) is 5.10 Å². The summed E-state index contributed by atoms with van der Waals surface area (Å²) in [5.41, 5.74) is 7.19. The number of ether oxygens (including phenoxy) is 1. The third-order valence-corrected chi connectivity index (χ3v) is 2.94. The number of rotatable bonds is 5. The first kappa shape index (κ1) is 12.8. The molecule has 0 aliphatic heterocycles. The zero-order valence-electron chi connectivity index (χ0n) is 10.3. The largest absolute Gasteiger partial charge is 0.494 e. The SMILES string of the molecule is Cc1nn(CCCOc2ccc(N)cc2)cc1Cl. The Morgan fingerprint density at radius 2 is 2.06 bits per heavy atom. The van der Waals surface area contributed by atoms with Crippen molar-refractivity contribution in [3.63, 3.8) is 0 Å². The molecule has 0 bridgehead atoms. The van der Waals surface area contributed by atoms with E-state index in [9.17, 15) is 0 Å². The number of benzene rings is 1. The van der Waals surface area contributed by atoms with Crippen LogP contribution in [0.3, 0.4) is 0 Å². The van der Waals surface area contributed by atoms with Crippen molar-refractivity contribution in [2.45, 2.75) is 19.9 Å². The van der Waals surface area contributed by atoms with Crippen molar-refractivity contribution in [1.82, 2.24) is 9.78 Å². The van der Waals surface area contributed by atoms with Gasteiger partial charge in [-0.1, -0.05) is 11.6 Å². The number of nitrogens with zero attached hydrogens (tertiary/aromatic N) is 2. The number of hydrogen-bond acceptors (Lipinski definition) is 3. The smallest absolute Gasteiger partial charge is 0.119 e. The summed E-state index contributed by atoms with van der Waals surface area (Å²) in [6, 6.07) is 7.38. The molecule has 1 aromatic carbocycles. The predicted molar refractivity (Wildman–Crippen MR) is 72.9 cm³/mol. The predicted octanol–water partition coefficient (Wildman–Crippen LogP) is 2.90. The minimum atomic E-state index is 0.639. The molecule has 0 saturated carbocycles. The lowest BCUT2D eigenvalue weighted by atomic mass is 10.3. The van der Waals surface area contributed by atoms with Crippen molar-refractivity contribution >= 4 is 17.3 Å². The Kier molecular flexibility index (Phi) is 4.10. The van der Waals surface area contributed by atoms with Gasteiger partial charge in [0.1, 0.15) is 5.75 Å². The molecule has 2 aromatic rings. The minimum absolute atomic E-state index is 0.639. The van der Waals surface area contributed by atoms with Crippen LogP contribution in [0.25, 0.3) is 0 Å². The van der Waals surface area contributed by atoms with E-state index in [1.807, 2.05) is 42.1 Å². The number of aryl methyl sites for hydroxylation is 2. The zero-order chi connectivity index (χ0) is 13.0. The Balaban J connectivity index is 1.74. The quantitative estimate of drug-likeness (QED) is 0.668. The molecule has 5 heteroatoms. The van der Waals surface area contributed by atoms with Crippen LogP contribution in [0.1, 0.15) is 12.1 Å². The van der Waals surface area contributed by atoms with Gasteiger partial charge in [-0.3, -0.25) is 4.68 Å². The monoisotopic (exact) mass is 265 g/mol. The summed E-state index contributed by atoms with van der Waals surface area (Å²) in [6.45, 7) is 3.33. The molecule has 0 spiro atoms. The standard InChI is InChI=1S/C13H16ClN3O/c1-10-13(14)9-17(16-10)7-2-8-18-12-5-3-11(15)4-6-12/h3-6,9H,2,7-8,15H2,1H3. The van der Waals surface area contributed by atoms with Crippen LogP contribution >= 0.6 is 11.6 Å². The van der Waals surface area contributed by atoms with E-state index in [1.165, 1.54) is 0 Å². The van der Waals surface area contributed by atoms with Crippen LogP contribution in [0.15, 0.2) is 30.5 Å². The summed E-state index contributed by atoms with van der Waals surface area (Å²) in [4.78, 5) is 0. The van der Waals surface area contributed by atoms with Crippen LogP contribution in [-0.2, 0) is 6.54 Å². The number of nitrogen functional groups attached to an aromatic ring is 1. The van der Waals surface area contributed by atoms with Gasteiger partial charge in [0, 0.05) is 24.8 Å². The zero-order valence-corrected chi connectivity index (χ0v) is 11.0. The molecular weight excluding hydrogens is 250 g/mol. The van der Waals surface area contributed by atoms with Gasteiger partial charge in [0.15, 0.2) is 0 Å². The fourth-order valence-corrected chi connectivity index (χ4v) is 1.74. The second-order valence-electron chi connectivity index (χ2n) is 4.10. The second-order valence-corrected chi connectivity index (χ2v) is 4.50. The molecule has 0 amide bonds. The fraction of sp³-hybridized carbons (Fsp3) is 0.308.